The third-order valence-electron chi connectivity index (χ3n) is 3.42. The Morgan fingerprint density at radius 2 is 2.19 bits per heavy atom. The van der Waals surface area contributed by atoms with E-state index in [-0.39, 0.29) is 5.41 Å². The number of nitrogens with zero attached hydrogens (tertiary/aromatic N) is 1. The molecule has 3 heteroatoms. The van der Waals surface area contributed by atoms with Gasteiger partial charge < -0.3 is 4.74 Å². The van der Waals surface area contributed by atoms with Crippen LogP contribution in [-0.4, -0.2) is 12.6 Å². The first-order valence-corrected chi connectivity index (χ1v) is 5.90. The lowest BCUT2D eigenvalue weighted by Crippen LogP contribution is -2.36. The van der Waals surface area contributed by atoms with E-state index in [4.69, 9.17) is 4.74 Å². The molecule has 0 aromatic carbocycles. The number of carbonyl (C=O) groups is 1. The van der Waals surface area contributed by atoms with Gasteiger partial charge in [0.2, 0.25) is 0 Å². The van der Waals surface area contributed by atoms with Crippen molar-refractivity contribution >= 4 is 5.97 Å². The molecule has 0 unspecified atom stereocenters. The summed E-state index contributed by atoms with van der Waals surface area (Å²) in [5.41, 5.74) is -0.362. The number of allylic oxidation sites excluding steroid dienone is 1. The molecular weight excluding hydrogens is 202 g/mol. The van der Waals surface area contributed by atoms with Crippen LogP contribution in [0.4, 0.5) is 0 Å². The molecule has 0 saturated heterocycles. The number of hydrogen-bond acceptors (Lipinski definition) is 3. The van der Waals surface area contributed by atoms with Crippen molar-refractivity contribution < 1.29 is 9.53 Å². The fourth-order valence-corrected chi connectivity index (χ4v) is 2.46. The first-order chi connectivity index (χ1) is 7.70. The van der Waals surface area contributed by atoms with Crippen molar-refractivity contribution in [3.8, 4) is 6.07 Å². The average molecular weight is 221 g/mol. The maximum Gasteiger partial charge on any atom is 0.324 e. The topological polar surface area (TPSA) is 50.1 Å². The molecule has 0 aromatic rings. The Hall–Kier alpha value is -1.30. The number of esters is 1. The summed E-state index contributed by atoms with van der Waals surface area (Å²) in [6.45, 7) is 5.89. The molecule has 1 saturated carbocycles. The normalized spacial score (nSPS) is 20.5. The Labute approximate surface area is 97.1 Å². The lowest BCUT2D eigenvalue weighted by atomic mass is 9.66. The summed E-state index contributed by atoms with van der Waals surface area (Å²) >= 11 is 0. The van der Waals surface area contributed by atoms with Gasteiger partial charge in [-0.3, -0.25) is 4.79 Å². The molecule has 1 aliphatic rings. The minimum Gasteiger partial charge on any atom is -0.465 e. The third kappa shape index (κ3) is 2.44. The highest BCUT2D eigenvalue weighted by Crippen LogP contribution is 2.43. The van der Waals surface area contributed by atoms with E-state index < -0.39 is 11.9 Å². The molecule has 1 atom stereocenters. The fraction of sp³-hybridized carbons (Fsp3) is 0.692. The minimum absolute atomic E-state index is 0.324. The first-order valence-electron chi connectivity index (χ1n) is 5.90. The molecule has 0 radical (unpaired) electrons. The molecule has 16 heavy (non-hydrogen) atoms. The van der Waals surface area contributed by atoms with Crippen LogP contribution in [0.5, 0.6) is 0 Å². The summed E-state index contributed by atoms with van der Waals surface area (Å²) in [6, 6.07) is 2.10. The zero-order valence-corrected chi connectivity index (χ0v) is 9.87. The van der Waals surface area contributed by atoms with Crippen LogP contribution < -0.4 is 0 Å². The molecule has 3 nitrogen and oxygen atoms in total. The lowest BCUT2D eigenvalue weighted by Gasteiger charge is -2.36. The van der Waals surface area contributed by atoms with Crippen molar-refractivity contribution in [1.29, 1.82) is 5.26 Å². The van der Waals surface area contributed by atoms with Crippen LogP contribution in [-0.2, 0) is 9.53 Å². The van der Waals surface area contributed by atoms with Crippen molar-refractivity contribution in [2.24, 2.45) is 11.3 Å². The molecule has 88 valence electrons. The van der Waals surface area contributed by atoms with Gasteiger partial charge in [-0.1, -0.05) is 25.3 Å². The van der Waals surface area contributed by atoms with Gasteiger partial charge in [-0.15, -0.1) is 6.58 Å². The number of rotatable bonds is 4. The Morgan fingerprint density at radius 1 is 1.56 bits per heavy atom. The van der Waals surface area contributed by atoms with Crippen LogP contribution >= 0.6 is 0 Å². The largest absolute Gasteiger partial charge is 0.465 e. The molecule has 0 aromatic heterocycles. The van der Waals surface area contributed by atoms with Crippen LogP contribution in [0.1, 0.15) is 39.0 Å². The van der Waals surface area contributed by atoms with Gasteiger partial charge >= 0.3 is 5.97 Å². The van der Waals surface area contributed by atoms with Crippen LogP contribution in [0.2, 0.25) is 0 Å². The maximum absolute atomic E-state index is 11.7. The van der Waals surface area contributed by atoms with Gasteiger partial charge in [0.25, 0.3) is 0 Å². The van der Waals surface area contributed by atoms with Gasteiger partial charge in [-0.25, -0.2) is 0 Å². The summed E-state index contributed by atoms with van der Waals surface area (Å²) in [5.74, 6) is -1.09. The van der Waals surface area contributed by atoms with Gasteiger partial charge in [0, 0.05) is 5.41 Å². The number of hydrogen-bond donors (Lipinski definition) is 0. The second kappa shape index (κ2) is 5.69. The second-order valence-electron chi connectivity index (χ2n) is 4.31. The Balaban J connectivity index is 2.87. The summed E-state index contributed by atoms with van der Waals surface area (Å²) in [4.78, 5) is 11.7. The summed E-state index contributed by atoms with van der Waals surface area (Å²) in [6.07, 6.45) is 6.82. The van der Waals surface area contributed by atoms with Gasteiger partial charge in [0.05, 0.1) is 12.7 Å². The van der Waals surface area contributed by atoms with E-state index in [0.717, 1.165) is 25.7 Å². The van der Waals surface area contributed by atoms with Crippen molar-refractivity contribution in [3.63, 3.8) is 0 Å². The quantitative estimate of drug-likeness (QED) is 0.541. The molecule has 0 amide bonds. The smallest absolute Gasteiger partial charge is 0.324 e. The van der Waals surface area contributed by atoms with E-state index in [9.17, 15) is 10.1 Å². The molecule has 0 aliphatic heterocycles. The highest BCUT2D eigenvalue weighted by atomic mass is 16.5. The van der Waals surface area contributed by atoms with Gasteiger partial charge in [-0.05, 0) is 19.8 Å². The second-order valence-corrected chi connectivity index (χ2v) is 4.31. The molecule has 0 spiro atoms. The summed E-state index contributed by atoms with van der Waals surface area (Å²) in [5, 5.41) is 9.17. The molecule has 0 heterocycles. The zero-order chi connectivity index (χ0) is 12.0. The molecule has 1 aliphatic carbocycles. The fourth-order valence-electron chi connectivity index (χ4n) is 2.46. The Morgan fingerprint density at radius 3 is 2.62 bits per heavy atom. The van der Waals surface area contributed by atoms with Crippen molar-refractivity contribution in [2.75, 3.05) is 6.61 Å². The average Bonchev–Trinajstić information content (AvgIpc) is 2.31. The van der Waals surface area contributed by atoms with Crippen molar-refractivity contribution in [1.82, 2.24) is 0 Å². The van der Waals surface area contributed by atoms with Crippen LogP contribution in [0.15, 0.2) is 12.7 Å². The van der Waals surface area contributed by atoms with E-state index in [0.29, 0.717) is 6.61 Å². The standard InChI is InChI=1S/C13H19NO2/c1-3-13(8-6-5-7-9-13)11(10-14)12(15)16-4-2/h3,11H,1,4-9H2,2H3/t11-/m0/s1. The minimum atomic E-state index is -0.690. The predicted molar refractivity (Wildman–Crippen MR) is 61.5 cm³/mol. The lowest BCUT2D eigenvalue weighted by molar-refractivity contribution is -0.149. The van der Waals surface area contributed by atoms with Gasteiger partial charge in [0.1, 0.15) is 0 Å². The molecule has 1 rings (SSSR count). The maximum atomic E-state index is 11.7. The molecule has 0 bridgehead atoms. The predicted octanol–water partition coefficient (Wildman–Crippen LogP) is 2.83. The molecule has 0 N–H and O–H groups in total. The Kier molecular flexibility index (Phi) is 4.54. The van der Waals surface area contributed by atoms with Crippen molar-refractivity contribution in [2.45, 2.75) is 39.0 Å². The van der Waals surface area contributed by atoms with Crippen LogP contribution in [0, 0.1) is 22.7 Å². The first kappa shape index (κ1) is 12.8. The summed E-state index contributed by atoms with van der Waals surface area (Å²) in [7, 11) is 0. The number of nitriles is 1. The zero-order valence-electron chi connectivity index (χ0n) is 9.87. The Bertz CT molecular complexity index is 298. The summed E-state index contributed by atoms with van der Waals surface area (Å²) < 4.78 is 4.97. The highest BCUT2D eigenvalue weighted by molar-refractivity contribution is 5.76. The van der Waals surface area contributed by atoms with E-state index in [1.54, 1.807) is 13.0 Å². The third-order valence-corrected chi connectivity index (χ3v) is 3.42. The van der Waals surface area contributed by atoms with Crippen LogP contribution in [0.25, 0.3) is 0 Å². The van der Waals surface area contributed by atoms with E-state index in [1.807, 2.05) is 0 Å². The SMILES string of the molecule is C=CC1([C@@H](C#N)C(=O)OCC)CCCCC1. The van der Waals surface area contributed by atoms with E-state index >= 15 is 0 Å². The monoisotopic (exact) mass is 221 g/mol. The van der Waals surface area contributed by atoms with Crippen LogP contribution in [0.3, 0.4) is 0 Å². The van der Waals surface area contributed by atoms with E-state index in [2.05, 4.69) is 12.6 Å². The van der Waals surface area contributed by atoms with Gasteiger partial charge in [0.15, 0.2) is 5.92 Å². The van der Waals surface area contributed by atoms with E-state index in [1.165, 1.54) is 6.42 Å². The van der Waals surface area contributed by atoms with Crippen molar-refractivity contribution in [3.05, 3.63) is 12.7 Å². The number of ether oxygens (including phenoxy) is 1. The number of carbonyl (C=O) groups excluding carboxylic acids is 1. The molecule has 1 fully saturated rings. The highest BCUT2D eigenvalue weighted by Gasteiger charge is 2.42. The molecular formula is C13H19NO2. The van der Waals surface area contributed by atoms with Gasteiger partial charge in [-0.2, -0.15) is 5.26 Å².